The van der Waals surface area contributed by atoms with Crippen molar-refractivity contribution in [3.8, 4) is 0 Å². The van der Waals surface area contributed by atoms with Gasteiger partial charge in [0.2, 0.25) is 0 Å². The highest BCUT2D eigenvalue weighted by Crippen LogP contribution is 2.23. The number of H-pyrrole nitrogens is 1. The number of nitrogens with two attached hydrogens (primary N) is 1. The lowest BCUT2D eigenvalue weighted by Gasteiger charge is -2.27. The van der Waals surface area contributed by atoms with E-state index in [1.165, 1.54) is 12.3 Å². The van der Waals surface area contributed by atoms with E-state index in [1.807, 2.05) is 0 Å². The molecule has 7 nitrogen and oxygen atoms in total. The summed E-state index contributed by atoms with van der Waals surface area (Å²) in [5.74, 6) is 3.53. The summed E-state index contributed by atoms with van der Waals surface area (Å²) in [7, 11) is 2.05. The van der Waals surface area contributed by atoms with Crippen LogP contribution in [0.5, 0.6) is 0 Å². The van der Waals surface area contributed by atoms with Crippen molar-refractivity contribution in [2.75, 3.05) is 20.1 Å². The van der Waals surface area contributed by atoms with Gasteiger partial charge in [0.1, 0.15) is 5.71 Å². The standard InChI is InChI=1S/C24H23F2N5O2/c1-31-8-6-15(7-9-31)23(32)14-2-4-17(5-3-14)28-13-22(30-27)18-10-16-11-19(25)20(26)12-21(16)29-24(18)33/h2-5,10-13,15H,6-9,27H2,1H3,(H,29,33). The molecule has 0 spiro atoms. The minimum Gasteiger partial charge on any atom is -0.323 e. The second-order valence-corrected chi connectivity index (χ2v) is 8.13. The summed E-state index contributed by atoms with van der Waals surface area (Å²) in [5, 5.41) is 3.90. The number of pyridine rings is 1. The molecule has 0 unspecified atom stereocenters. The van der Waals surface area contributed by atoms with Crippen LogP contribution in [0.4, 0.5) is 14.5 Å². The van der Waals surface area contributed by atoms with E-state index in [0.29, 0.717) is 11.3 Å². The average molecular weight is 451 g/mol. The lowest BCUT2D eigenvalue weighted by atomic mass is 9.89. The minimum absolute atomic E-state index is 0.0319. The maximum atomic E-state index is 13.6. The summed E-state index contributed by atoms with van der Waals surface area (Å²) >= 11 is 0. The Morgan fingerprint density at radius 2 is 1.79 bits per heavy atom. The Morgan fingerprint density at radius 1 is 1.12 bits per heavy atom. The number of likely N-dealkylation sites (tertiary alicyclic amines) is 1. The monoisotopic (exact) mass is 451 g/mol. The summed E-state index contributed by atoms with van der Waals surface area (Å²) < 4.78 is 27.0. The maximum absolute atomic E-state index is 13.6. The van der Waals surface area contributed by atoms with Gasteiger partial charge in [-0.3, -0.25) is 14.6 Å². The number of hydrogen-bond acceptors (Lipinski definition) is 6. The second-order valence-electron chi connectivity index (χ2n) is 8.13. The van der Waals surface area contributed by atoms with Crippen molar-refractivity contribution in [2.45, 2.75) is 12.8 Å². The van der Waals surface area contributed by atoms with Crippen molar-refractivity contribution < 1.29 is 13.6 Å². The Labute approximate surface area is 188 Å². The van der Waals surface area contributed by atoms with Gasteiger partial charge in [-0.25, -0.2) is 8.78 Å². The normalized spacial score (nSPS) is 16.0. The van der Waals surface area contributed by atoms with E-state index in [-0.39, 0.29) is 33.9 Å². The molecule has 1 saturated heterocycles. The number of hydrazone groups is 1. The first-order valence-corrected chi connectivity index (χ1v) is 10.5. The zero-order chi connectivity index (χ0) is 23.5. The average Bonchev–Trinajstić information content (AvgIpc) is 2.81. The van der Waals surface area contributed by atoms with Gasteiger partial charge in [0.25, 0.3) is 5.56 Å². The van der Waals surface area contributed by atoms with Gasteiger partial charge in [-0.05, 0) is 69.4 Å². The number of aromatic nitrogens is 1. The first kappa shape index (κ1) is 22.5. The van der Waals surface area contributed by atoms with Crippen LogP contribution in [-0.4, -0.2) is 47.7 Å². The third kappa shape index (κ3) is 4.88. The van der Waals surface area contributed by atoms with Crippen LogP contribution in [0.2, 0.25) is 0 Å². The number of hydrogen-bond donors (Lipinski definition) is 2. The van der Waals surface area contributed by atoms with Gasteiger partial charge in [-0.15, -0.1) is 0 Å². The van der Waals surface area contributed by atoms with E-state index in [4.69, 9.17) is 5.84 Å². The Bertz CT molecular complexity index is 1310. The molecule has 0 saturated carbocycles. The molecule has 1 aliphatic heterocycles. The molecule has 3 aromatic rings. The molecular formula is C24H23F2N5O2. The van der Waals surface area contributed by atoms with Gasteiger partial charge in [-0.1, -0.05) is 0 Å². The summed E-state index contributed by atoms with van der Waals surface area (Å²) in [5.41, 5.74) is 0.894. The first-order chi connectivity index (χ1) is 15.9. The van der Waals surface area contributed by atoms with E-state index in [9.17, 15) is 18.4 Å². The van der Waals surface area contributed by atoms with Crippen LogP contribution >= 0.6 is 0 Å². The number of aromatic amines is 1. The number of nitrogens with one attached hydrogen (secondary N) is 1. The molecule has 1 aromatic heterocycles. The fourth-order valence-electron chi connectivity index (χ4n) is 3.92. The molecule has 9 heteroatoms. The molecule has 4 rings (SSSR count). The molecule has 0 atom stereocenters. The summed E-state index contributed by atoms with van der Waals surface area (Å²) in [4.78, 5) is 34.1. The Kier molecular flexibility index (Phi) is 6.41. The van der Waals surface area contributed by atoms with E-state index >= 15 is 0 Å². The maximum Gasteiger partial charge on any atom is 0.258 e. The molecule has 0 radical (unpaired) electrons. The van der Waals surface area contributed by atoms with Gasteiger partial charge in [0.05, 0.1) is 23.0 Å². The molecule has 2 aromatic carbocycles. The number of aliphatic imine (C=N–C) groups is 1. The van der Waals surface area contributed by atoms with Crippen LogP contribution in [0.25, 0.3) is 10.9 Å². The van der Waals surface area contributed by atoms with Gasteiger partial charge >= 0.3 is 0 Å². The number of rotatable bonds is 5. The van der Waals surface area contributed by atoms with Crippen LogP contribution in [0.15, 0.2) is 57.4 Å². The number of benzene rings is 2. The number of Topliss-reactive ketones (excluding diaryl/α,β-unsaturated/α-hetero) is 1. The van der Waals surface area contributed by atoms with Gasteiger partial charge < -0.3 is 15.7 Å². The van der Waals surface area contributed by atoms with Crippen molar-refractivity contribution in [3.63, 3.8) is 0 Å². The van der Waals surface area contributed by atoms with E-state index in [2.05, 4.69) is 27.0 Å². The SMILES string of the molecule is CN1CCC(C(=O)c2ccc(N=CC(=NN)c3cc4cc(F)c(F)cc4[nH]c3=O)cc2)CC1. The third-order valence-electron chi connectivity index (χ3n) is 5.88. The smallest absolute Gasteiger partial charge is 0.258 e. The predicted octanol–water partition coefficient (Wildman–Crippen LogP) is 3.40. The summed E-state index contributed by atoms with van der Waals surface area (Å²) in [6.45, 7) is 1.82. The fraction of sp³-hybridized carbons (Fsp3) is 0.250. The molecule has 170 valence electrons. The lowest BCUT2D eigenvalue weighted by molar-refractivity contribution is 0.0857. The Hall–Kier alpha value is -3.72. The lowest BCUT2D eigenvalue weighted by Crippen LogP contribution is -2.33. The Morgan fingerprint density at radius 3 is 2.45 bits per heavy atom. The molecule has 3 N–H and O–H groups in total. The van der Waals surface area contributed by atoms with Crippen molar-refractivity contribution in [1.82, 2.24) is 9.88 Å². The molecular weight excluding hydrogens is 428 g/mol. The quantitative estimate of drug-likeness (QED) is 0.269. The topological polar surface area (TPSA) is 104 Å². The van der Waals surface area contributed by atoms with Crippen LogP contribution in [-0.2, 0) is 0 Å². The predicted molar refractivity (Wildman–Crippen MR) is 124 cm³/mol. The number of nitrogens with zero attached hydrogens (tertiary/aromatic N) is 3. The van der Waals surface area contributed by atoms with Gasteiger partial charge in [0, 0.05) is 22.9 Å². The first-order valence-electron chi connectivity index (χ1n) is 10.5. The van der Waals surface area contributed by atoms with Crippen LogP contribution in [0.3, 0.4) is 0 Å². The molecule has 0 aliphatic carbocycles. The van der Waals surface area contributed by atoms with Crippen molar-refractivity contribution in [3.05, 3.63) is 75.6 Å². The van der Waals surface area contributed by atoms with Crippen LogP contribution < -0.4 is 11.4 Å². The molecule has 33 heavy (non-hydrogen) atoms. The highest BCUT2D eigenvalue weighted by molar-refractivity contribution is 6.38. The number of halogens is 2. The third-order valence-corrected chi connectivity index (χ3v) is 5.88. The highest BCUT2D eigenvalue weighted by Gasteiger charge is 2.24. The van der Waals surface area contributed by atoms with E-state index < -0.39 is 17.2 Å². The minimum atomic E-state index is -1.06. The van der Waals surface area contributed by atoms with Gasteiger partial charge in [0.15, 0.2) is 17.4 Å². The van der Waals surface area contributed by atoms with Crippen molar-refractivity contribution in [1.29, 1.82) is 0 Å². The largest absolute Gasteiger partial charge is 0.323 e. The summed E-state index contributed by atoms with van der Waals surface area (Å²) in [6, 6.07) is 10.1. The molecule has 0 bridgehead atoms. The molecule has 0 amide bonds. The second kappa shape index (κ2) is 9.41. The highest BCUT2D eigenvalue weighted by atomic mass is 19.2. The van der Waals surface area contributed by atoms with Crippen LogP contribution in [0, 0.1) is 17.6 Å². The fourth-order valence-corrected chi connectivity index (χ4v) is 3.92. The van der Waals surface area contributed by atoms with Crippen molar-refractivity contribution in [2.24, 2.45) is 21.9 Å². The molecule has 2 heterocycles. The number of ketones is 1. The Balaban J connectivity index is 1.53. The van der Waals surface area contributed by atoms with Crippen molar-refractivity contribution >= 4 is 34.3 Å². The molecule has 1 fully saturated rings. The number of piperidine rings is 1. The van der Waals surface area contributed by atoms with E-state index in [1.54, 1.807) is 24.3 Å². The number of carbonyl (C=O) groups is 1. The van der Waals surface area contributed by atoms with Gasteiger partial charge in [-0.2, -0.15) is 5.10 Å². The van der Waals surface area contributed by atoms with E-state index in [0.717, 1.165) is 38.1 Å². The number of carbonyl (C=O) groups excluding carboxylic acids is 1. The zero-order valence-corrected chi connectivity index (χ0v) is 18.0. The molecule has 1 aliphatic rings. The summed E-state index contributed by atoms with van der Waals surface area (Å²) in [6.07, 6.45) is 3.01. The zero-order valence-electron chi connectivity index (χ0n) is 18.0. The van der Waals surface area contributed by atoms with Crippen LogP contribution in [0.1, 0.15) is 28.8 Å². The number of fused-ring (bicyclic) bond motifs is 1.